The molecule has 10 heavy (non-hydrogen) atoms. The van der Waals surface area contributed by atoms with Gasteiger partial charge in [-0.2, -0.15) is 5.10 Å². The van der Waals surface area contributed by atoms with Crippen LogP contribution in [0.2, 0.25) is 0 Å². The predicted molar refractivity (Wildman–Crippen MR) is 40.0 cm³/mol. The molecular weight excluding hydrogens is 151 g/mol. The van der Waals surface area contributed by atoms with Crippen LogP contribution in [0.1, 0.15) is 0 Å². The Balaban J connectivity index is 2.59. The summed E-state index contributed by atoms with van der Waals surface area (Å²) in [6, 6.07) is 0. The highest BCUT2D eigenvalue weighted by Crippen LogP contribution is 2.11. The third-order valence-electron chi connectivity index (χ3n) is 1.16. The fraction of sp³-hybridized carbons (Fsp3) is 0.500. The van der Waals surface area contributed by atoms with Crippen LogP contribution in [-0.4, -0.2) is 22.7 Å². The van der Waals surface area contributed by atoms with Crippen molar-refractivity contribution in [1.82, 2.24) is 9.78 Å². The van der Waals surface area contributed by atoms with Gasteiger partial charge in [-0.05, 0) is 6.26 Å². The van der Waals surface area contributed by atoms with Crippen LogP contribution in [0.15, 0.2) is 17.3 Å². The summed E-state index contributed by atoms with van der Waals surface area (Å²) in [4.78, 5) is 1.08. The van der Waals surface area contributed by atoms with Crippen LogP contribution in [0.5, 0.6) is 0 Å². The van der Waals surface area contributed by atoms with Gasteiger partial charge in [-0.25, -0.2) is 4.39 Å². The van der Waals surface area contributed by atoms with Crippen molar-refractivity contribution in [3.63, 3.8) is 0 Å². The lowest BCUT2D eigenvalue weighted by Gasteiger charge is -1.92. The van der Waals surface area contributed by atoms with Crippen LogP contribution in [0.4, 0.5) is 4.39 Å². The van der Waals surface area contributed by atoms with Gasteiger partial charge >= 0.3 is 0 Å². The fourth-order valence-electron chi connectivity index (χ4n) is 0.659. The van der Waals surface area contributed by atoms with Crippen LogP contribution in [-0.2, 0) is 6.54 Å². The second-order valence-electron chi connectivity index (χ2n) is 1.83. The third-order valence-corrected chi connectivity index (χ3v) is 1.84. The van der Waals surface area contributed by atoms with Crippen molar-refractivity contribution >= 4 is 11.8 Å². The molecular formula is C6H9FN2S. The molecule has 0 amide bonds. The summed E-state index contributed by atoms with van der Waals surface area (Å²) >= 11 is 1.61. The first-order valence-electron chi connectivity index (χ1n) is 2.99. The Morgan fingerprint density at radius 1 is 1.80 bits per heavy atom. The van der Waals surface area contributed by atoms with E-state index in [0.29, 0.717) is 6.54 Å². The highest BCUT2D eigenvalue weighted by Gasteiger charge is 1.94. The summed E-state index contributed by atoms with van der Waals surface area (Å²) in [5.41, 5.74) is 0. The maximum absolute atomic E-state index is 11.7. The third kappa shape index (κ3) is 1.73. The first kappa shape index (κ1) is 7.60. The van der Waals surface area contributed by atoms with Gasteiger partial charge in [0.15, 0.2) is 0 Å². The number of alkyl halides is 1. The molecule has 0 N–H and O–H groups in total. The van der Waals surface area contributed by atoms with Crippen LogP contribution in [0.25, 0.3) is 0 Å². The molecule has 56 valence electrons. The molecule has 1 heterocycles. The van der Waals surface area contributed by atoms with E-state index in [1.165, 1.54) is 0 Å². The zero-order chi connectivity index (χ0) is 7.40. The fourth-order valence-corrected chi connectivity index (χ4v) is 1.04. The SMILES string of the molecule is CSc1cnn(CCF)c1. The molecule has 0 aliphatic heterocycles. The van der Waals surface area contributed by atoms with Crippen molar-refractivity contribution in [1.29, 1.82) is 0 Å². The Morgan fingerprint density at radius 2 is 2.60 bits per heavy atom. The molecule has 0 unspecified atom stereocenters. The molecule has 4 heteroatoms. The molecule has 0 spiro atoms. The number of nitrogens with zero attached hydrogens (tertiary/aromatic N) is 2. The van der Waals surface area contributed by atoms with Gasteiger partial charge in [0.05, 0.1) is 12.7 Å². The molecule has 0 bridgehead atoms. The Bertz CT molecular complexity index is 199. The number of thioether (sulfide) groups is 1. The van der Waals surface area contributed by atoms with Crippen molar-refractivity contribution < 1.29 is 4.39 Å². The van der Waals surface area contributed by atoms with E-state index in [9.17, 15) is 4.39 Å². The van der Waals surface area contributed by atoms with Crippen LogP contribution in [0.3, 0.4) is 0 Å². The van der Waals surface area contributed by atoms with Gasteiger partial charge in [-0.3, -0.25) is 4.68 Å². The molecule has 1 rings (SSSR count). The zero-order valence-corrected chi connectivity index (χ0v) is 6.57. The Morgan fingerprint density at radius 3 is 3.10 bits per heavy atom. The maximum Gasteiger partial charge on any atom is 0.109 e. The van der Waals surface area contributed by atoms with Crippen molar-refractivity contribution in [2.75, 3.05) is 12.9 Å². The molecule has 0 saturated carbocycles. The van der Waals surface area contributed by atoms with Gasteiger partial charge in [0.2, 0.25) is 0 Å². The molecule has 0 saturated heterocycles. The Kier molecular flexibility index (Phi) is 2.74. The number of hydrogen-bond acceptors (Lipinski definition) is 2. The summed E-state index contributed by atoms with van der Waals surface area (Å²) in [7, 11) is 0. The van der Waals surface area contributed by atoms with E-state index in [-0.39, 0.29) is 6.67 Å². The number of halogens is 1. The van der Waals surface area contributed by atoms with E-state index in [0.717, 1.165) is 4.90 Å². The van der Waals surface area contributed by atoms with Crippen LogP contribution in [0, 0.1) is 0 Å². The summed E-state index contributed by atoms with van der Waals surface area (Å²) < 4.78 is 13.3. The van der Waals surface area contributed by atoms with Crippen molar-refractivity contribution in [2.24, 2.45) is 0 Å². The lowest BCUT2D eigenvalue weighted by atomic mass is 10.7. The summed E-state index contributed by atoms with van der Waals surface area (Å²) in [5, 5.41) is 3.93. The van der Waals surface area contributed by atoms with Gasteiger partial charge in [-0.15, -0.1) is 11.8 Å². The van der Waals surface area contributed by atoms with E-state index >= 15 is 0 Å². The predicted octanol–water partition coefficient (Wildman–Crippen LogP) is 1.57. The number of aryl methyl sites for hydroxylation is 1. The molecule has 1 aromatic rings. The van der Waals surface area contributed by atoms with Crippen molar-refractivity contribution in [3.05, 3.63) is 12.4 Å². The van der Waals surface area contributed by atoms with E-state index in [2.05, 4.69) is 5.10 Å². The molecule has 0 radical (unpaired) electrons. The molecule has 0 aliphatic rings. The quantitative estimate of drug-likeness (QED) is 0.625. The van der Waals surface area contributed by atoms with Crippen molar-refractivity contribution in [2.45, 2.75) is 11.4 Å². The average Bonchev–Trinajstić information content (AvgIpc) is 2.37. The normalized spacial score (nSPS) is 10.2. The summed E-state index contributed by atoms with van der Waals surface area (Å²) in [6.45, 7) is 0.00998. The monoisotopic (exact) mass is 160 g/mol. The second kappa shape index (κ2) is 3.61. The smallest absolute Gasteiger partial charge is 0.109 e. The molecule has 0 aromatic carbocycles. The second-order valence-corrected chi connectivity index (χ2v) is 2.71. The number of rotatable bonds is 3. The Labute approximate surface area is 63.4 Å². The van der Waals surface area contributed by atoms with E-state index < -0.39 is 0 Å². The standard InChI is InChI=1S/C6H9FN2S/c1-10-6-4-8-9(5-6)3-2-7/h4-5H,2-3H2,1H3. The van der Waals surface area contributed by atoms with Crippen LogP contribution < -0.4 is 0 Å². The van der Waals surface area contributed by atoms with E-state index in [4.69, 9.17) is 0 Å². The minimum atomic E-state index is -0.352. The maximum atomic E-state index is 11.7. The first-order chi connectivity index (χ1) is 4.86. The number of aromatic nitrogens is 2. The van der Waals surface area contributed by atoms with Gasteiger partial charge in [-0.1, -0.05) is 0 Å². The topological polar surface area (TPSA) is 17.8 Å². The van der Waals surface area contributed by atoms with Crippen molar-refractivity contribution in [3.8, 4) is 0 Å². The van der Waals surface area contributed by atoms with Gasteiger partial charge < -0.3 is 0 Å². The minimum absolute atomic E-state index is 0.352. The van der Waals surface area contributed by atoms with E-state index in [1.807, 2.05) is 12.5 Å². The lowest BCUT2D eigenvalue weighted by molar-refractivity contribution is 0.427. The van der Waals surface area contributed by atoms with Gasteiger partial charge in [0.1, 0.15) is 6.67 Å². The first-order valence-corrected chi connectivity index (χ1v) is 4.21. The number of hydrogen-bond donors (Lipinski definition) is 0. The molecule has 0 fully saturated rings. The lowest BCUT2D eigenvalue weighted by Crippen LogP contribution is -1.98. The highest BCUT2D eigenvalue weighted by molar-refractivity contribution is 7.98. The zero-order valence-electron chi connectivity index (χ0n) is 5.75. The Hall–Kier alpha value is -0.510. The largest absolute Gasteiger partial charge is 0.269 e. The highest BCUT2D eigenvalue weighted by atomic mass is 32.2. The van der Waals surface area contributed by atoms with Gasteiger partial charge in [0.25, 0.3) is 0 Å². The van der Waals surface area contributed by atoms with E-state index in [1.54, 1.807) is 22.6 Å². The van der Waals surface area contributed by atoms with Gasteiger partial charge in [0, 0.05) is 11.1 Å². The summed E-state index contributed by atoms with van der Waals surface area (Å²) in [5.74, 6) is 0. The van der Waals surface area contributed by atoms with Crippen LogP contribution >= 0.6 is 11.8 Å². The molecule has 2 nitrogen and oxygen atoms in total. The molecule has 0 atom stereocenters. The summed E-state index contributed by atoms with van der Waals surface area (Å²) in [6.07, 6.45) is 5.54. The minimum Gasteiger partial charge on any atom is -0.269 e. The molecule has 0 aliphatic carbocycles. The molecule has 1 aromatic heterocycles. The average molecular weight is 160 g/mol.